The zero-order valence-corrected chi connectivity index (χ0v) is 24.3. The van der Waals surface area contributed by atoms with Gasteiger partial charge in [-0.05, 0) is 82.6 Å². The van der Waals surface area contributed by atoms with E-state index in [1.165, 1.54) is 16.7 Å². The lowest BCUT2D eigenvalue weighted by atomic mass is 9.68. The van der Waals surface area contributed by atoms with Crippen LogP contribution in [0, 0.1) is 19.3 Å². The third-order valence-corrected chi connectivity index (χ3v) is 8.46. The third-order valence-electron chi connectivity index (χ3n) is 8.46. The fourth-order valence-electron chi connectivity index (χ4n) is 4.91. The number of benzene rings is 2. The van der Waals surface area contributed by atoms with Gasteiger partial charge < -0.3 is 14.0 Å². The molecule has 4 nitrogen and oxygen atoms in total. The second-order valence-corrected chi connectivity index (χ2v) is 12.4. The lowest BCUT2D eigenvalue weighted by molar-refractivity contribution is -0.128. The first-order chi connectivity index (χ1) is 16.6. The molecule has 0 bridgehead atoms. The van der Waals surface area contributed by atoms with Gasteiger partial charge in [0.1, 0.15) is 12.4 Å². The summed E-state index contributed by atoms with van der Waals surface area (Å²) in [6.07, 6.45) is 1.95. The molecule has 196 valence electrons. The first kappa shape index (κ1) is 28.5. The number of carbonyl (C=O) groups excluding carboxylic acids is 1. The van der Waals surface area contributed by atoms with Crippen molar-refractivity contribution in [3.63, 3.8) is 0 Å². The zero-order chi connectivity index (χ0) is 27.1. The second kappa shape index (κ2) is 9.98. The van der Waals surface area contributed by atoms with E-state index in [1.54, 1.807) is 0 Å². The van der Waals surface area contributed by atoms with E-state index in [9.17, 15) is 4.79 Å². The molecule has 1 heterocycles. The molecular formula is C31H45BO4. The Kier molecular flexibility index (Phi) is 7.89. The molecule has 0 aliphatic carbocycles. The van der Waals surface area contributed by atoms with Crippen LogP contribution in [0.25, 0.3) is 0 Å². The van der Waals surface area contributed by atoms with Crippen LogP contribution in [0.15, 0.2) is 36.4 Å². The lowest BCUT2D eigenvalue weighted by Crippen LogP contribution is -2.41. The molecule has 1 aliphatic heterocycles. The van der Waals surface area contributed by atoms with E-state index in [0.29, 0.717) is 0 Å². The Bertz CT molecular complexity index is 1090. The quantitative estimate of drug-likeness (QED) is 0.385. The number of Topliss-reactive ketones (excluding diaryl/α,β-unsaturated/α-hetero) is 1. The number of hydrogen-bond acceptors (Lipinski definition) is 4. The van der Waals surface area contributed by atoms with Gasteiger partial charge in [0.05, 0.1) is 11.2 Å². The highest BCUT2D eigenvalue weighted by molar-refractivity contribution is 6.62. The number of aryl methyl sites for hydroxylation is 2. The molecule has 0 N–H and O–H groups in total. The summed E-state index contributed by atoms with van der Waals surface area (Å²) in [4.78, 5) is 12.3. The largest absolute Gasteiger partial charge is 0.495 e. The number of ketones is 1. The standard InChI is InChI=1S/C31H45BO4/c1-12-31(13-2,24-15-17-26(22(4)19-24)34-20-27(33)28(5,6)7)23-14-16-25(21(3)18-23)32-35-29(8,9)30(10,11)36-32/h14-19H,12-13,20H2,1-11H3. The Balaban J connectivity index is 1.91. The van der Waals surface area contributed by atoms with Crippen molar-refractivity contribution in [2.75, 3.05) is 6.61 Å². The van der Waals surface area contributed by atoms with Crippen molar-refractivity contribution >= 4 is 18.4 Å². The van der Waals surface area contributed by atoms with Gasteiger partial charge in [0.25, 0.3) is 0 Å². The summed E-state index contributed by atoms with van der Waals surface area (Å²) in [7, 11) is -0.365. The van der Waals surface area contributed by atoms with E-state index in [2.05, 4.69) is 85.7 Å². The van der Waals surface area contributed by atoms with E-state index < -0.39 is 5.41 Å². The van der Waals surface area contributed by atoms with Gasteiger partial charge in [0.15, 0.2) is 5.78 Å². The van der Waals surface area contributed by atoms with Crippen molar-refractivity contribution in [2.45, 2.75) is 106 Å². The third kappa shape index (κ3) is 5.29. The van der Waals surface area contributed by atoms with E-state index in [-0.39, 0.29) is 36.1 Å². The smallest absolute Gasteiger partial charge is 0.486 e. The predicted octanol–water partition coefficient (Wildman–Crippen LogP) is 6.70. The van der Waals surface area contributed by atoms with Gasteiger partial charge in [-0.15, -0.1) is 0 Å². The maximum absolute atomic E-state index is 12.3. The first-order valence-electron chi connectivity index (χ1n) is 13.3. The fourth-order valence-corrected chi connectivity index (χ4v) is 4.91. The minimum Gasteiger partial charge on any atom is -0.486 e. The van der Waals surface area contributed by atoms with Crippen LogP contribution in [-0.2, 0) is 19.5 Å². The number of rotatable bonds is 8. The molecule has 0 radical (unpaired) electrons. The molecule has 2 aromatic carbocycles. The van der Waals surface area contributed by atoms with Gasteiger partial charge in [-0.3, -0.25) is 4.79 Å². The average Bonchev–Trinajstić information content (AvgIpc) is 3.00. The van der Waals surface area contributed by atoms with Crippen LogP contribution < -0.4 is 10.2 Å². The molecule has 5 heteroatoms. The minimum atomic E-state index is -0.405. The molecule has 0 saturated carbocycles. The Labute approximate surface area is 219 Å². The van der Waals surface area contributed by atoms with Gasteiger partial charge >= 0.3 is 7.12 Å². The predicted molar refractivity (Wildman–Crippen MR) is 149 cm³/mol. The Morgan fingerprint density at radius 3 is 1.81 bits per heavy atom. The minimum absolute atomic E-state index is 0.0932. The van der Waals surface area contributed by atoms with E-state index in [1.807, 2.05) is 26.8 Å². The van der Waals surface area contributed by atoms with Crippen molar-refractivity contribution in [1.82, 2.24) is 0 Å². The maximum Gasteiger partial charge on any atom is 0.495 e. The van der Waals surface area contributed by atoms with Crippen LogP contribution in [-0.4, -0.2) is 30.7 Å². The highest BCUT2D eigenvalue weighted by atomic mass is 16.7. The van der Waals surface area contributed by atoms with Gasteiger partial charge in [0.2, 0.25) is 0 Å². The molecule has 0 aromatic heterocycles. The van der Waals surface area contributed by atoms with Crippen LogP contribution >= 0.6 is 0 Å². The molecule has 1 saturated heterocycles. The molecule has 0 atom stereocenters. The van der Waals surface area contributed by atoms with Crippen LogP contribution in [0.5, 0.6) is 5.75 Å². The molecule has 0 amide bonds. The Hall–Kier alpha value is -2.11. The number of carbonyl (C=O) groups is 1. The summed E-state index contributed by atoms with van der Waals surface area (Å²) in [5.41, 5.74) is 4.61. The summed E-state index contributed by atoms with van der Waals surface area (Å²) in [6, 6.07) is 13.1. The molecule has 0 spiro atoms. The molecular weight excluding hydrogens is 447 g/mol. The summed E-state index contributed by atoms with van der Waals surface area (Å²) >= 11 is 0. The first-order valence-corrected chi connectivity index (χ1v) is 13.3. The fraction of sp³-hybridized carbons (Fsp3) is 0.581. The van der Waals surface area contributed by atoms with E-state index >= 15 is 0 Å². The molecule has 36 heavy (non-hydrogen) atoms. The molecule has 2 aromatic rings. The average molecular weight is 493 g/mol. The highest BCUT2D eigenvalue weighted by Gasteiger charge is 2.52. The van der Waals surface area contributed by atoms with Crippen molar-refractivity contribution in [1.29, 1.82) is 0 Å². The maximum atomic E-state index is 12.3. The molecule has 0 unspecified atom stereocenters. The van der Waals surface area contributed by atoms with Gasteiger partial charge in [0, 0.05) is 10.8 Å². The second-order valence-electron chi connectivity index (χ2n) is 12.4. The summed E-state index contributed by atoms with van der Waals surface area (Å²) in [6.45, 7) is 22.9. The van der Waals surface area contributed by atoms with Crippen LogP contribution in [0.3, 0.4) is 0 Å². The van der Waals surface area contributed by atoms with E-state index in [4.69, 9.17) is 14.0 Å². The molecule has 1 fully saturated rings. The normalized spacial score (nSPS) is 17.4. The van der Waals surface area contributed by atoms with E-state index in [0.717, 1.165) is 29.6 Å². The van der Waals surface area contributed by atoms with Gasteiger partial charge in [-0.25, -0.2) is 0 Å². The Morgan fingerprint density at radius 2 is 1.36 bits per heavy atom. The topological polar surface area (TPSA) is 44.8 Å². The van der Waals surface area contributed by atoms with Crippen LogP contribution in [0.2, 0.25) is 0 Å². The van der Waals surface area contributed by atoms with Crippen LogP contribution in [0.4, 0.5) is 0 Å². The lowest BCUT2D eigenvalue weighted by Gasteiger charge is -2.34. The summed E-state index contributed by atoms with van der Waals surface area (Å²) in [5, 5.41) is 0. The number of ether oxygens (including phenoxy) is 1. The van der Waals surface area contributed by atoms with Crippen molar-refractivity contribution in [3.05, 3.63) is 58.7 Å². The van der Waals surface area contributed by atoms with Crippen molar-refractivity contribution < 1.29 is 18.8 Å². The summed E-state index contributed by atoms with van der Waals surface area (Å²) in [5.74, 6) is 0.866. The van der Waals surface area contributed by atoms with Gasteiger partial charge in [-0.2, -0.15) is 0 Å². The van der Waals surface area contributed by atoms with Crippen molar-refractivity contribution in [2.24, 2.45) is 5.41 Å². The summed E-state index contributed by atoms with van der Waals surface area (Å²) < 4.78 is 18.6. The molecule has 3 rings (SSSR count). The zero-order valence-electron chi connectivity index (χ0n) is 24.3. The van der Waals surface area contributed by atoms with Crippen LogP contribution in [0.1, 0.15) is 97.4 Å². The Morgan fingerprint density at radius 1 is 0.861 bits per heavy atom. The van der Waals surface area contributed by atoms with Gasteiger partial charge in [-0.1, -0.05) is 70.5 Å². The number of hydrogen-bond donors (Lipinski definition) is 0. The SMILES string of the molecule is CCC(CC)(c1ccc(OCC(=O)C(C)(C)C)c(C)c1)c1ccc(B2OC(C)(C)C(C)(C)O2)c(C)c1. The monoisotopic (exact) mass is 492 g/mol. The highest BCUT2D eigenvalue weighted by Crippen LogP contribution is 2.41. The molecule has 1 aliphatic rings. The van der Waals surface area contributed by atoms with Crippen molar-refractivity contribution in [3.8, 4) is 5.75 Å².